The van der Waals surface area contributed by atoms with Crippen molar-refractivity contribution < 1.29 is 9.53 Å². The summed E-state index contributed by atoms with van der Waals surface area (Å²) in [5.41, 5.74) is 0.183. The van der Waals surface area contributed by atoms with Crippen molar-refractivity contribution in [2.45, 2.75) is 33.3 Å². The van der Waals surface area contributed by atoms with Gasteiger partial charge < -0.3 is 4.74 Å². The molecule has 0 spiro atoms. The van der Waals surface area contributed by atoms with E-state index >= 15 is 0 Å². The zero-order valence-electron chi connectivity index (χ0n) is 9.37. The Morgan fingerprint density at radius 3 is 2.73 bits per heavy atom. The highest BCUT2D eigenvalue weighted by atomic mass is 16.6. The minimum absolute atomic E-state index is 0.494. The van der Waals surface area contributed by atoms with E-state index in [1.54, 1.807) is 33.9 Å². The first-order valence-electron chi connectivity index (χ1n) is 4.63. The molecule has 0 aromatic carbocycles. The molecule has 80 valence electrons. The highest BCUT2D eigenvalue weighted by Crippen LogP contribution is 2.08. The van der Waals surface area contributed by atoms with Crippen LogP contribution in [0.25, 0.3) is 0 Å². The summed E-state index contributed by atoms with van der Waals surface area (Å²) in [7, 11) is 0. The van der Waals surface area contributed by atoms with Gasteiger partial charge in [-0.25, -0.2) is 4.79 Å². The van der Waals surface area contributed by atoms with Crippen LogP contribution in [0.4, 0.5) is 4.79 Å². The molecule has 1 aromatic heterocycles. The topological polar surface area (TPSA) is 44.1 Å². The molecule has 0 amide bonds. The van der Waals surface area contributed by atoms with Gasteiger partial charge in [0.15, 0.2) is 0 Å². The third-order valence-electron chi connectivity index (χ3n) is 1.43. The van der Waals surface area contributed by atoms with Crippen LogP contribution >= 0.6 is 0 Å². The van der Waals surface area contributed by atoms with E-state index in [-0.39, 0.29) is 0 Å². The van der Waals surface area contributed by atoms with Gasteiger partial charge in [0.1, 0.15) is 5.60 Å². The maximum Gasteiger partial charge on any atom is 0.435 e. The Bertz CT molecular complexity index is 416. The molecule has 0 aliphatic carbocycles. The zero-order chi connectivity index (χ0) is 11.5. The summed E-state index contributed by atoms with van der Waals surface area (Å²) in [4.78, 5) is 11.5. The van der Waals surface area contributed by atoms with Crippen LogP contribution in [0.3, 0.4) is 0 Å². The molecule has 0 fully saturated rings. The Kier molecular flexibility index (Phi) is 3.15. The zero-order valence-corrected chi connectivity index (χ0v) is 9.37. The molecule has 15 heavy (non-hydrogen) atoms. The first kappa shape index (κ1) is 11.3. The van der Waals surface area contributed by atoms with Gasteiger partial charge in [0.2, 0.25) is 0 Å². The second-order valence-corrected chi connectivity index (χ2v) is 4.03. The quantitative estimate of drug-likeness (QED) is 0.610. The molecule has 4 nitrogen and oxygen atoms in total. The molecule has 1 aromatic rings. The highest BCUT2D eigenvalue weighted by Gasteiger charge is 2.18. The van der Waals surface area contributed by atoms with E-state index in [2.05, 4.69) is 16.9 Å². The van der Waals surface area contributed by atoms with E-state index in [1.165, 1.54) is 6.20 Å². The summed E-state index contributed by atoms with van der Waals surface area (Å²) < 4.78 is 6.27. The molecule has 0 saturated heterocycles. The lowest BCUT2D eigenvalue weighted by molar-refractivity contribution is 0.0514. The number of carbonyl (C=O) groups is 1. The molecule has 0 N–H and O–H groups in total. The summed E-state index contributed by atoms with van der Waals surface area (Å²) in [6.45, 7) is 7.15. The summed E-state index contributed by atoms with van der Waals surface area (Å²) >= 11 is 0. The predicted octanol–water partition coefficient (Wildman–Crippen LogP) is 2.04. The summed E-state index contributed by atoms with van der Waals surface area (Å²) in [6.07, 6.45) is 2.58. The molecule has 1 heterocycles. The number of ether oxygens (including phenoxy) is 1. The van der Waals surface area contributed by atoms with Crippen molar-refractivity contribution in [3.05, 3.63) is 18.0 Å². The van der Waals surface area contributed by atoms with Crippen molar-refractivity contribution in [1.82, 2.24) is 9.78 Å². The molecule has 0 atom stereocenters. The maximum absolute atomic E-state index is 11.5. The van der Waals surface area contributed by atoms with Crippen molar-refractivity contribution in [2.24, 2.45) is 0 Å². The Morgan fingerprint density at radius 2 is 2.20 bits per heavy atom. The summed E-state index contributed by atoms with van der Waals surface area (Å²) in [5.74, 6) is 5.53. The number of rotatable bonds is 0. The minimum atomic E-state index is -0.514. The van der Waals surface area contributed by atoms with Crippen LogP contribution in [0, 0.1) is 11.8 Å². The largest absolute Gasteiger partial charge is 0.442 e. The molecule has 0 radical (unpaired) electrons. The number of aromatic nitrogens is 2. The van der Waals surface area contributed by atoms with Gasteiger partial charge in [-0.05, 0) is 27.7 Å². The number of hydrogen-bond acceptors (Lipinski definition) is 3. The Hall–Kier alpha value is -1.76. The van der Waals surface area contributed by atoms with Crippen molar-refractivity contribution in [3.8, 4) is 11.8 Å². The number of carbonyl (C=O) groups excluding carboxylic acids is 1. The molecule has 1 rings (SSSR count). The molecule has 0 saturated carbocycles. The van der Waals surface area contributed by atoms with E-state index < -0.39 is 11.7 Å². The average Bonchev–Trinajstić information content (AvgIpc) is 2.50. The van der Waals surface area contributed by atoms with E-state index in [9.17, 15) is 4.79 Å². The lowest BCUT2D eigenvalue weighted by Gasteiger charge is -2.18. The van der Waals surface area contributed by atoms with Gasteiger partial charge in [-0.1, -0.05) is 5.92 Å². The van der Waals surface area contributed by atoms with Gasteiger partial charge in [0, 0.05) is 0 Å². The van der Waals surface area contributed by atoms with Gasteiger partial charge in [0.05, 0.1) is 18.0 Å². The van der Waals surface area contributed by atoms with Crippen LogP contribution < -0.4 is 0 Å². The molecule has 0 aliphatic rings. The third kappa shape index (κ3) is 3.47. The molecular weight excluding hydrogens is 192 g/mol. The second kappa shape index (κ2) is 4.18. The van der Waals surface area contributed by atoms with Crippen LogP contribution in [-0.2, 0) is 4.74 Å². The minimum Gasteiger partial charge on any atom is -0.442 e. The summed E-state index contributed by atoms with van der Waals surface area (Å²) in [6, 6.07) is 0. The van der Waals surface area contributed by atoms with Crippen molar-refractivity contribution in [1.29, 1.82) is 0 Å². The first-order chi connectivity index (χ1) is 6.92. The maximum atomic E-state index is 11.5. The Balaban J connectivity index is 2.78. The van der Waals surface area contributed by atoms with Gasteiger partial charge in [-0.15, -0.1) is 5.92 Å². The highest BCUT2D eigenvalue weighted by molar-refractivity contribution is 5.70. The normalized spacial score (nSPS) is 10.4. The van der Waals surface area contributed by atoms with Crippen molar-refractivity contribution in [2.75, 3.05) is 0 Å². The Labute approximate surface area is 89.2 Å². The molecule has 0 unspecified atom stereocenters. The van der Waals surface area contributed by atoms with E-state index in [1.807, 2.05) is 0 Å². The Morgan fingerprint density at radius 1 is 1.53 bits per heavy atom. The number of hydrogen-bond donors (Lipinski definition) is 0. The van der Waals surface area contributed by atoms with Crippen LogP contribution in [0.2, 0.25) is 0 Å². The molecule has 0 bridgehead atoms. The molecule has 0 aliphatic heterocycles. The summed E-state index contributed by atoms with van der Waals surface area (Å²) in [5, 5.41) is 3.86. The number of nitrogens with zero attached hydrogens (tertiary/aromatic N) is 2. The average molecular weight is 206 g/mol. The fourth-order valence-corrected chi connectivity index (χ4v) is 0.940. The van der Waals surface area contributed by atoms with Crippen molar-refractivity contribution in [3.63, 3.8) is 0 Å². The lowest BCUT2D eigenvalue weighted by Crippen LogP contribution is -2.27. The van der Waals surface area contributed by atoms with Crippen LogP contribution in [0.1, 0.15) is 33.3 Å². The van der Waals surface area contributed by atoms with Gasteiger partial charge in [0.25, 0.3) is 0 Å². The fraction of sp³-hybridized carbons (Fsp3) is 0.455. The van der Waals surface area contributed by atoms with E-state index in [0.717, 1.165) is 4.68 Å². The van der Waals surface area contributed by atoms with Gasteiger partial charge >= 0.3 is 6.09 Å². The predicted molar refractivity (Wildman–Crippen MR) is 56.4 cm³/mol. The molecular formula is C11H14N2O2. The van der Waals surface area contributed by atoms with Crippen molar-refractivity contribution >= 4 is 6.09 Å². The second-order valence-electron chi connectivity index (χ2n) is 4.03. The van der Waals surface area contributed by atoms with Gasteiger partial charge in [-0.2, -0.15) is 9.78 Å². The monoisotopic (exact) mass is 206 g/mol. The van der Waals surface area contributed by atoms with Crippen LogP contribution in [0.5, 0.6) is 0 Å². The van der Waals surface area contributed by atoms with E-state index in [4.69, 9.17) is 4.74 Å². The first-order valence-corrected chi connectivity index (χ1v) is 4.63. The van der Waals surface area contributed by atoms with E-state index in [0.29, 0.717) is 5.56 Å². The smallest absolute Gasteiger partial charge is 0.435 e. The SMILES string of the molecule is CC#Cc1cnn(C(=O)OC(C)(C)C)c1. The lowest BCUT2D eigenvalue weighted by atomic mass is 10.2. The van der Waals surface area contributed by atoms with Crippen LogP contribution in [-0.4, -0.2) is 21.5 Å². The van der Waals surface area contributed by atoms with Crippen LogP contribution in [0.15, 0.2) is 12.4 Å². The fourth-order valence-electron chi connectivity index (χ4n) is 0.940. The molecule has 4 heteroatoms. The standard InChI is InChI=1S/C11H14N2O2/c1-5-6-9-7-12-13(8-9)10(14)15-11(2,3)4/h7-8H,1-4H3. The van der Waals surface area contributed by atoms with Gasteiger partial charge in [-0.3, -0.25) is 0 Å². The third-order valence-corrected chi connectivity index (χ3v) is 1.43.